The molecule has 1 saturated heterocycles. The zero-order valence-electron chi connectivity index (χ0n) is 20.9. The number of benzene rings is 1. The van der Waals surface area contributed by atoms with Gasteiger partial charge in [-0.25, -0.2) is 4.79 Å². The molecular formula is C24H32F3N4O5+. The molecule has 0 saturated carbocycles. The third-order valence-electron chi connectivity index (χ3n) is 5.94. The van der Waals surface area contributed by atoms with Crippen LogP contribution in [0.1, 0.15) is 51.8 Å². The lowest BCUT2D eigenvalue weighted by atomic mass is 9.92. The van der Waals surface area contributed by atoms with E-state index >= 15 is 0 Å². The molecule has 1 fully saturated rings. The highest BCUT2D eigenvalue weighted by Crippen LogP contribution is 2.31. The number of aromatic amines is 1. The maximum absolute atomic E-state index is 13.6. The maximum atomic E-state index is 13.6. The minimum Gasteiger partial charge on any atom is -0.463 e. The maximum Gasteiger partial charge on any atom is 0.441 e. The number of ether oxygens (including phenoxy) is 1. The lowest BCUT2D eigenvalue weighted by Gasteiger charge is -2.30. The number of nitrogens with zero attached hydrogens (tertiary/aromatic N) is 3. The zero-order chi connectivity index (χ0) is 26.8. The van der Waals surface area contributed by atoms with E-state index < -0.39 is 29.8 Å². The van der Waals surface area contributed by atoms with Gasteiger partial charge in [-0.05, 0) is 44.0 Å². The quantitative estimate of drug-likeness (QED) is 0.430. The van der Waals surface area contributed by atoms with Crippen molar-refractivity contribution in [1.29, 1.82) is 0 Å². The van der Waals surface area contributed by atoms with Gasteiger partial charge >= 0.3 is 12.3 Å². The number of alkyl halides is 3. The number of carbonyl (C=O) groups is 2. The third-order valence-corrected chi connectivity index (χ3v) is 5.94. The first-order chi connectivity index (χ1) is 16.7. The Kier molecular flexibility index (Phi) is 7.87. The van der Waals surface area contributed by atoms with Crippen molar-refractivity contribution in [2.75, 3.05) is 18.1 Å². The summed E-state index contributed by atoms with van der Waals surface area (Å²) in [6.07, 6.45) is -4.73. The van der Waals surface area contributed by atoms with Gasteiger partial charge in [-0.15, -0.1) is 14.8 Å². The summed E-state index contributed by atoms with van der Waals surface area (Å²) in [7, 11) is 1.82. The van der Waals surface area contributed by atoms with E-state index in [4.69, 9.17) is 9.57 Å². The fraction of sp³-hybridized carbons (Fsp3) is 0.542. The number of hydrogen-bond acceptors (Lipinski definition) is 4. The number of H-pyrrole nitrogens is 1. The molecule has 0 bridgehead atoms. The number of aryl methyl sites for hydroxylation is 1. The molecule has 1 unspecified atom stereocenters. The van der Waals surface area contributed by atoms with Gasteiger partial charge in [0, 0.05) is 12.0 Å². The molecule has 1 aliphatic rings. The number of amides is 2. The van der Waals surface area contributed by atoms with Crippen LogP contribution in [0.25, 0.3) is 0 Å². The number of hydrogen-bond donors (Lipinski definition) is 2. The summed E-state index contributed by atoms with van der Waals surface area (Å²) in [5.74, 6) is -0.270. The Morgan fingerprint density at radius 2 is 1.89 bits per heavy atom. The summed E-state index contributed by atoms with van der Waals surface area (Å²) in [6.45, 7) is 8.21. The van der Waals surface area contributed by atoms with Gasteiger partial charge in [-0.3, -0.25) is 9.69 Å². The zero-order valence-corrected chi connectivity index (χ0v) is 20.9. The summed E-state index contributed by atoms with van der Waals surface area (Å²) >= 11 is 0. The van der Waals surface area contributed by atoms with Crippen LogP contribution in [0.15, 0.2) is 30.3 Å². The molecule has 1 aliphatic heterocycles. The number of aromatic nitrogens is 2. The van der Waals surface area contributed by atoms with Gasteiger partial charge < -0.3 is 14.7 Å². The van der Waals surface area contributed by atoms with Crippen molar-refractivity contribution in [3.8, 4) is 5.75 Å². The summed E-state index contributed by atoms with van der Waals surface area (Å²) in [5.41, 5.74) is -0.212. The average molecular weight is 514 g/mol. The van der Waals surface area contributed by atoms with Crippen molar-refractivity contribution >= 4 is 17.8 Å². The molecule has 36 heavy (non-hydrogen) atoms. The Morgan fingerprint density at radius 3 is 2.36 bits per heavy atom. The smallest absolute Gasteiger partial charge is 0.441 e. The van der Waals surface area contributed by atoms with Crippen LogP contribution < -0.4 is 14.4 Å². The van der Waals surface area contributed by atoms with Crippen molar-refractivity contribution in [3.63, 3.8) is 0 Å². The number of carbonyl (C=O) groups excluding carboxylic acids is 1. The summed E-state index contributed by atoms with van der Waals surface area (Å²) in [5, 5.41) is 13.3. The van der Waals surface area contributed by atoms with Crippen molar-refractivity contribution in [3.05, 3.63) is 41.6 Å². The van der Waals surface area contributed by atoms with Gasteiger partial charge in [0.25, 0.3) is 5.91 Å². The van der Waals surface area contributed by atoms with E-state index in [2.05, 4.69) is 5.10 Å². The lowest BCUT2D eigenvalue weighted by Crippen LogP contribution is -2.52. The van der Waals surface area contributed by atoms with Gasteiger partial charge in [-0.2, -0.15) is 13.2 Å². The summed E-state index contributed by atoms with van der Waals surface area (Å²) in [6, 6.07) is 4.07. The minimum atomic E-state index is -4.55. The van der Waals surface area contributed by atoms with E-state index in [1.807, 2.05) is 33.9 Å². The molecule has 2 aromatic rings. The topological polar surface area (TPSA) is 99.0 Å². The van der Waals surface area contributed by atoms with Crippen molar-refractivity contribution < 1.29 is 42.1 Å². The highest BCUT2D eigenvalue weighted by atomic mass is 19.4. The van der Waals surface area contributed by atoms with E-state index in [1.54, 1.807) is 4.68 Å². The monoisotopic (exact) mass is 513 g/mol. The predicted molar refractivity (Wildman–Crippen MR) is 123 cm³/mol. The summed E-state index contributed by atoms with van der Waals surface area (Å²) < 4.78 is 46.1. The second-order valence-corrected chi connectivity index (χ2v) is 9.82. The van der Waals surface area contributed by atoms with Crippen molar-refractivity contribution in [2.45, 2.75) is 64.3 Å². The fourth-order valence-electron chi connectivity index (χ4n) is 4.08. The second kappa shape index (κ2) is 10.4. The number of anilines is 1. The first kappa shape index (κ1) is 27.3. The largest absolute Gasteiger partial charge is 0.463 e. The van der Waals surface area contributed by atoms with E-state index in [9.17, 15) is 27.9 Å². The Bertz CT molecular complexity index is 1070. The first-order valence-corrected chi connectivity index (χ1v) is 11.6. The average Bonchev–Trinajstić information content (AvgIpc) is 3.43. The number of carboxylic acid groups (broad SMARTS) is 1. The van der Waals surface area contributed by atoms with Crippen LogP contribution in [-0.2, 0) is 28.2 Å². The van der Waals surface area contributed by atoms with Gasteiger partial charge in [0.1, 0.15) is 6.04 Å². The number of rotatable bonds is 7. The number of halogens is 3. The van der Waals surface area contributed by atoms with Gasteiger partial charge in [0.05, 0.1) is 24.3 Å². The molecule has 12 heteroatoms. The Hall–Kier alpha value is -3.28. The normalized spacial score (nSPS) is 17.1. The third kappa shape index (κ3) is 6.28. The SMILES string of the molecule is CC(C(=O)N(C[C@H]1CCCO1)c1cc(C(C)(C)C)[n+](C)[nH]1)N(Oc1ccc(C(F)(F)F)cc1)C(=O)O. The van der Waals surface area contributed by atoms with Crippen molar-refractivity contribution in [2.24, 2.45) is 7.05 Å². The molecule has 198 valence electrons. The van der Waals surface area contributed by atoms with E-state index in [0.717, 1.165) is 42.8 Å². The fourth-order valence-corrected chi connectivity index (χ4v) is 4.08. The first-order valence-electron chi connectivity index (χ1n) is 11.6. The lowest BCUT2D eigenvalue weighted by molar-refractivity contribution is -0.735. The number of hydroxylamine groups is 2. The van der Waals surface area contributed by atoms with Crippen LogP contribution in [0, 0.1) is 0 Å². The highest BCUT2D eigenvalue weighted by Gasteiger charge is 2.37. The Balaban J connectivity index is 1.88. The van der Waals surface area contributed by atoms with Crippen molar-refractivity contribution in [1.82, 2.24) is 10.2 Å². The van der Waals surface area contributed by atoms with Crippen LogP contribution in [-0.4, -0.2) is 52.6 Å². The molecule has 2 N–H and O–H groups in total. The molecule has 3 rings (SSSR count). The van der Waals surface area contributed by atoms with Crippen LogP contribution in [0.4, 0.5) is 23.8 Å². The predicted octanol–water partition coefficient (Wildman–Crippen LogP) is 4.03. The van der Waals surface area contributed by atoms with Crippen LogP contribution in [0.3, 0.4) is 0 Å². The summed E-state index contributed by atoms with van der Waals surface area (Å²) in [4.78, 5) is 32.4. The molecule has 2 atom stereocenters. The van der Waals surface area contributed by atoms with Gasteiger partial charge in [0.2, 0.25) is 5.69 Å². The molecule has 2 amide bonds. The van der Waals surface area contributed by atoms with E-state index in [0.29, 0.717) is 17.5 Å². The van der Waals surface area contributed by atoms with Crippen LogP contribution in [0.5, 0.6) is 5.75 Å². The van der Waals surface area contributed by atoms with Crippen LogP contribution in [0.2, 0.25) is 0 Å². The van der Waals surface area contributed by atoms with Gasteiger partial charge in [0.15, 0.2) is 18.6 Å². The van der Waals surface area contributed by atoms with E-state index in [1.165, 1.54) is 11.8 Å². The minimum absolute atomic E-state index is 0.156. The molecule has 2 heterocycles. The Labute approximate surface area is 207 Å². The standard InChI is InChI=1S/C24H31F3N4O5/c1-15(31(22(33)34)36-17-10-8-16(9-11-17)24(25,26)27)21(32)30(14-18-7-6-12-35-18)20-13-19(23(2,3)4)29(5)28-20/h8-11,13,15,18H,6-7,12,14H2,1-5H3,(H,33,34)/p+1/t15?,18-/m1/s1. The molecule has 1 aromatic carbocycles. The molecule has 0 radical (unpaired) electrons. The van der Waals surface area contributed by atoms with Crippen LogP contribution >= 0.6 is 0 Å². The highest BCUT2D eigenvalue weighted by molar-refractivity contribution is 5.97. The molecule has 1 aromatic heterocycles. The van der Waals surface area contributed by atoms with E-state index in [-0.39, 0.29) is 23.8 Å². The number of nitrogens with one attached hydrogen (secondary N) is 1. The second-order valence-electron chi connectivity index (χ2n) is 9.82. The Morgan fingerprint density at radius 1 is 1.25 bits per heavy atom. The molecule has 9 nitrogen and oxygen atoms in total. The molecule has 0 aliphatic carbocycles. The molecule has 0 spiro atoms. The molecular weight excluding hydrogens is 481 g/mol. The van der Waals surface area contributed by atoms with Gasteiger partial charge in [-0.1, -0.05) is 20.8 Å².